The van der Waals surface area contributed by atoms with Gasteiger partial charge in [0.05, 0.1) is 6.10 Å². The SMILES string of the molecule is CC1OCCC1CNC(=O)c1ccccc1. The predicted octanol–water partition coefficient (Wildman–Crippen LogP) is 1.84. The second kappa shape index (κ2) is 5.12. The van der Waals surface area contributed by atoms with E-state index < -0.39 is 0 Å². The van der Waals surface area contributed by atoms with Crippen LogP contribution < -0.4 is 5.32 Å². The number of hydrogen-bond donors (Lipinski definition) is 1. The van der Waals surface area contributed by atoms with Crippen molar-refractivity contribution in [2.24, 2.45) is 5.92 Å². The molecule has 3 heteroatoms. The van der Waals surface area contributed by atoms with Crippen LogP contribution in [0, 0.1) is 5.92 Å². The molecule has 1 aliphatic heterocycles. The molecular weight excluding hydrogens is 202 g/mol. The van der Waals surface area contributed by atoms with E-state index in [0.717, 1.165) is 13.0 Å². The Morgan fingerprint density at radius 2 is 2.19 bits per heavy atom. The summed E-state index contributed by atoms with van der Waals surface area (Å²) in [5, 5.41) is 2.95. The highest BCUT2D eigenvalue weighted by atomic mass is 16.5. The second-order valence-corrected chi connectivity index (χ2v) is 4.20. The third-order valence-corrected chi connectivity index (χ3v) is 3.09. The molecule has 2 unspecified atom stereocenters. The lowest BCUT2D eigenvalue weighted by Crippen LogP contribution is -2.31. The summed E-state index contributed by atoms with van der Waals surface area (Å²) in [6, 6.07) is 9.30. The molecular formula is C13H17NO2. The van der Waals surface area contributed by atoms with E-state index >= 15 is 0 Å². The van der Waals surface area contributed by atoms with Crippen LogP contribution in [0.2, 0.25) is 0 Å². The molecule has 0 aromatic heterocycles. The fraction of sp³-hybridized carbons (Fsp3) is 0.462. The first kappa shape index (κ1) is 11.1. The Labute approximate surface area is 95.8 Å². The van der Waals surface area contributed by atoms with Gasteiger partial charge in [0.15, 0.2) is 0 Å². The molecule has 1 heterocycles. The second-order valence-electron chi connectivity index (χ2n) is 4.20. The number of amides is 1. The highest BCUT2D eigenvalue weighted by molar-refractivity contribution is 5.94. The maximum atomic E-state index is 11.8. The molecule has 86 valence electrons. The lowest BCUT2D eigenvalue weighted by Gasteiger charge is -2.14. The highest BCUT2D eigenvalue weighted by Gasteiger charge is 2.24. The fourth-order valence-electron chi connectivity index (χ4n) is 1.96. The molecule has 1 aliphatic rings. The molecule has 1 aromatic rings. The highest BCUT2D eigenvalue weighted by Crippen LogP contribution is 2.19. The van der Waals surface area contributed by atoms with Gasteiger partial charge in [-0.05, 0) is 25.5 Å². The normalized spacial score (nSPS) is 24.3. The molecule has 2 atom stereocenters. The van der Waals surface area contributed by atoms with Crippen molar-refractivity contribution in [1.29, 1.82) is 0 Å². The van der Waals surface area contributed by atoms with E-state index in [4.69, 9.17) is 4.74 Å². The summed E-state index contributed by atoms with van der Waals surface area (Å²) in [7, 11) is 0. The van der Waals surface area contributed by atoms with Crippen molar-refractivity contribution < 1.29 is 9.53 Å². The van der Waals surface area contributed by atoms with Crippen LogP contribution in [0.15, 0.2) is 30.3 Å². The zero-order chi connectivity index (χ0) is 11.4. The Balaban J connectivity index is 1.84. The lowest BCUT2D eigenvalue weighted by molar-refractivity contribution is 0.0907. The molecule has 3 nitrogen and oxygen atoms in total. The van der Waals surface area contributed by atoms with Gasteiger partial charge in [-0.15, -0.1) is 0 Å². The van der Waals surface area contributed by atoms with Gasteiger partial charge in [0, 0.05) is 24.6 Å². The Kier molecular flexibility index (Phi) is 3.57. The third-order valence-electron chi connectivity index (χ3n) is 3.09. The van der Waals surface area contributed by atoms with E-state index in [1.54, 1.807) is 0 Å². The smallest absolute Gasteiger partial charge is 0.251 e. The molecule has 1 aromatic carbocycles. The maximum Gasteiger partial charge on any atom is 0.251 e. The van der Waals surface area contributed by atoms with Gasteiger partial charge in [-0.1, -0.05) is 18.2 Å². The Morgan fingerprint density at radius 1 is 1.44 bits per heavy atom. The average Bonchev–Trinajstić information content (AvgIpc) is 2.73. The van der Waals surface area contributed by atoms with Gasteiger partial charge in [0.2, 0.25) is 0 Å². The number of hydrogen-bond acceptors (Lipinski definition) is 2. The summed E-state index contributed by atoms with van der Waals surface area (Å²) in [4.78, 5) is 11.8. The minimum atomic E-state index is -0.000278. The number of carbonyl (C=O) groups is 1. The van der Waals surface area contributed by atoms with Crippen molar-refractivity contribution in [3.8, 4) is 0 Å². The van der Waals surface area contributed by atoms with Crippen LogP contribution in [-0.2, 0) is 4.74 Å². The first-order valence-electron chi connectivity index (χ1n) is 5.72. The van der Waals surface area contributed by atoms with Crippen LogP contribution in [0.1, 0.15) is 23.7 Å². The van der Waals surface area contributed by atoms with Gasteiger partial charge < -0.3 is 10.1 Å². The first-order valence-corrected chi connectivity index (χ1v) is 5.72. The van der Waals surface area contributed by atoms with E-state index in [9.17, 15) is 4.79 Å². The summed E-state index contributed by atoms with van der Waals surface area (Å²) >= 11 is 0. The number of rotatable bonds is 3. The van der Waals surface area contributed by atoms with Crippen molar-refractivity contribution in [2.45, 2.75) is 19.4 Å². The summed E-state index contributed by atoms with van der Waals surface area (Å²) in [6.07, 6.45) is 1.30. The van der Waals surface area contributed by atoms with Crippen molar-refractivity contribution >= 4 is 5.91 Å². The monoisotopic (exact) mass is 219 g/mol. The molecule has 2 rings (SSSR count). The third kappa shape index (κ3) is 2.61. The molecule has 1 amide bonds. The minimum absolute atomic E-state index is 0.000278. The molecule has 0 radical (unpaired) electrons. The Hall–Kier alpha value is -1.35. The van der Waals surface area contributed by atoms with Crippen molar-refractivity contribution in [3.63, 3.8) is 0 Å². The molecule has 0 aliphatic carbocycles. The number of nitrogens with one attached hydrogen (secondary N) is 1. The van der Waals surface area contributed by atoms with Crippen molar-refractivity contribution in [2.75, 3.05) is 13.2 Å². The molecule has 16 heavy (non-hydrogen) atoms. The molecule has 1 fully saturated rings. The predicted molar refractivity (Wildman–Crippen MR) is 62.3 cm³/mol. The maximum absolute atomic E-state index is 11.8. The molecule has 0 spiro atoms. The minimum Gasteiger partial charge on any atom is -0.378 e. The quantitative estimate of drug-likeness (QED) is 0.842. The topological polar surface area (TPSA) is 38.3 Å². The molecule has 1 N–H and O–H groups in total. The Morgan fingerprint density at radius 3 is 2.81 bits per heavy atom. The zero-order valence-electron chi connectivity index (χ0n) is 9.48. The van der Waals surface area contributed by atoms with Gasteiger partial charge in [-0.25, -0.2) is 0 Å². The Bertz CT molecular complexity index is 350. The number of carbonyl (C=O) groups excluding carboxylic acids is 1. The van der Waals surface area contributed by atoms with Gasteiger partial charge >= 0.3 is 0 Å². The van der Waals surface area contributed by atoms with Crippen LogP contribution in [-0.4, -0.2) is 25.2 Å². The standard InChI is InChI=1S/C13H17NO2/c1-10-12(7-8-16-10)9-14-13(15)11-5-3-2-4-6-11/h2-6,10,12H,7-9H2,1H3,(H,14,15). The summed E-state index contributed by atoms with van der Waals surface area (Å²) in [5.74, 6) is 0.451. The van der Waals surface area contributed by atoms with E-state index in [-0.39, 0.29) is 12.0 Å². The van der Waals surface area contributed by atoms with Gasteiger partial charge in [-0.3, -0.25) is 4.79 Å². The molecule has 1 saturated heterocycles. The van der Waals surface area contributed by atoms with E-state index in [1.807, 2.05) is 30.3 Å². The lowest BCUT2D eigenvalue weighted by atomic mass is 10.0. The van der Waals surface area contributed by atoms with Crippen LogP contribution in [0.4, 0.5) is 0 Å². The molecule has 0 saturated carbocycles. The van der Waals surface area contributed by atoms with Crippen LogP contribution in [0.3, 0.4) is 0 Å². The van der Waals surface area contributed by atoms with Crippen LogP contribution >= 0.6 is 0 Å². The number of ether oxygens (including phenoxy) is 1. The number of benzene rings is 1. The summed E-state index contributed by atoms with van der Waals surface area (Å²) < 4.78 is 5.45. The van der Waals surface area contributed by atoms with Gasteiger partial charge in [0.25, 0.3) is 5.91 Å². The van der Waals surface area contributed by atoms with E-state index in [0.29, 0.717) is 18.0 Å². The van der Waals surface area contributed by atoms with Crippen molar-refractivity contribution in [3.05, 3.63) is 35.9 Å². The van der Waals surface area contributed by atoms with Crippen LogP contribution in [0.25, 0.3) is 0 Å². The van der Waals surface area contributed by atoms with E-state index in [2.05, 4.69) is 12.2 Å². The van der Waals surface area contributed by atoms with Gasteiger partial charge in [0.1, 0.15) is 0 Å². The summed E-state index contributed by atoms with van der Waals surface area (Å²) in [5.41, 5.74) is 0.717. The van der Waals surface area contributed by atoms with Crippen LogP contribution in [0.5, 0.6) is 0 Å². The van der Waals surface area contributed by atoms with Gasteiger partial charge in [-0.2, -0.15) is 0 Å². The summed E-state index contributed by atoms with van der Waals surface area (Å²) in [6.45, 7) is 3.58. The first-order chi connectivity index (χ1) is 7.77. The largest absolute Gasteiger partial charge is 0.378 e. The average molecular weight is 219 g/mol. The molecule has 0 bridgehead atoms. The zero-order valence-corrected chi connectivity index (χ0v) is 9.48. The fourth-order valence-corrected chi connectivity index (χ4v) is 1.96. The van der Waals surface area contributed by atoms with Crippen molar-refractivity contribution in [1.82, 2.24) is 5.32 Å². The van der Waals surface area contributed by atoms with E-state index in [1.165, 1.54) is 0 Å².